The predicted molar refractivity (Wildman–Crippen MR) is 108 cm³/mol. The molecular formula is C20H21N3O5S. The molecule has 152 valence electrons. The third-order valence-corrected chi connectivity index (χ3v) is 6.29. The van der Waals surface area contributed by atoms with Gasteiger partial charge in [0.1, 0.15) is 5.82 Å². The number of sulfonamides is 1. The number of methoxy groups -OCH3 is 1. The van der Waals surface area contributed by atoms with Gasteiger partial charge in [-0.25, -0.2) is 13.4 Å². The summed E-state index contributed by atoms with van der Waals surface area (Å²) in [6, 6.07) is 12.6. The first kappa shape index (κ1) is 20.8. The number of Topliss-reactive ketones (excluding diaryl/α,β-unsaturated/α-hetero) is 1. The second-order valence-corrected chi connectivity index (χ2v) is 8.38. The van der Waals surface area contributed by atoms with Crippen LogP contribution in [0.25, 0.3) is 10.9 Å². The average Bonchev–Trinajstić information content (AvgIpc) is 2.71. The first-order valence-electron chi connectivity index (χ1n) is 8.91. The Bertz CT molecular complexity index is 1190. The van der Waals surface area contributed by atoms with Crippen molar-refractivity contribution in [1.29, 1.82) is 0 Å². The Kier molecular flexibility index (Phi) is 6.21. The van der Waals surface area contributed by atoms with Gasteiger partial charge in [0.15, 0.2) is 5.78 Å². The van der Waals surface area contributed by atoms with Crippen molar-refractivity contribution in [2.24, 2.45) is 0 Å². The van der Waals surface area contributed by atoms with Crippen molar-refractivity contribution in [3.8, 4) is 0 Å². The van der Waals surface area contributed by atoms with E-state index in [2.05, 4.69) is 9.97 Å². The predicted octanol–water partition coefficient (Wildman–Crippen LogP) is 1.96. The topological polar surface area (TPSA) is 109 Å². The van der Waals surface area contributed by atoms with Crippen molar-refractivity contribution in [2.75, 3.05) is 20.3 Å². The number of ketones is 1. The number of hydrogen-bond acceptors (Lipinski definition) is 6. The van der Waals surface area contributed by atoms with E-state index in [1.54, 1.807) is 24.3 Å². The fourth-order valence-corrected chi connectivity index (χ4v) is 4.25. The Morgan fingerprint density at radius 1 is 1.14 bits per heavy atom. The maximum absolute atomic E-state index is 13.1. The maximum atomic E-state index is 13.1. The third-order valence-electron chi connectivity index (χ3n) is 4.43. The van der Waals surface area contributed by atoms with Crippen LogP contribution < -0.4 is 5.56 Å². The van der Waals surface area contributed by atoms with Gasteiger partial charge in [-0.2, -0.15) is 4.31 Å². The lowest BCUT2D eigenvalue weighted by Gasteiger charge is -2.21. The number of ether oxygens (including phenoxy) is 1. The number of nitrogens with zero attached hydrogens (tertiary/aromatic N) is 2. The molecule has 2 aromatic carbocycles. The van der Waals surface area contributed by atoms with Crippen LogP contribution in [0.2, 0.25) is 0 Å². The quantitative estimate of drug-likeness (QED) is 0.563. The normalized spacial score (nSPS) is 11.8. The molecule has 1 N–H and O–H groups in total. The summed E-state index contributed by atoms with van der Waals surface area (Å²) in [5.41, 5.74) is 0.578. The van der Waals surface area contributed by atoms with Crippen molar-refractivity contribution < 1.29 is 17.9 Å². The average molecular weight is 415 g/mol. The van der Waals surface area contributed by atoms with Crippen molar-refractivity contribution in [2.45, 2.75) is 18.4 Å². The van der Waals surface area contributed by atoms with Crippen LogP contribution in [0, 0.1) is 0 Å². The number of fused-ring (bicyclic) bond motifs is 1. The molecule has 0 aliphatic heterocycles. The maximum Gasteiger partial charge on any atom is 0.258 e. The molecule has 8 nitrogen and oxygen atoms in total. The van der Waals surface area contributed by atoms with Gasteiger partial charge >= 0.3 is 0 Å². The van der Waals surface area contributed by atoms with Gasteiger partial charge in [-0.05, 0) is 31.2 Å². The summed E-state index contributed by atoms with van der Waals surface area (Å²) in [7, 11) is -2.43. The smallest absolute Gasteiger partial charge is 0.258 e. The second kappa shape index (κ2) is 8.64. The largest absolute Gasteiger partial charge is 0.383 e. The number of hydrogen-bond donors (Lipinski definition) is 1. The van der Waals surface area contributed by atoms with Gasteiger partial charge < -0.3 is 9.72 Å². The zero-order chi connectivity index (χ0) is 21.0. The standard InChI is InChI=1S/C20H21N3O5S/c1-14(24)15-7-9-16(10-8-15)29(26,27)23(11-12-28-2)13-19-21-18-6-4-3-5-17(18)20(25)22-19/h3-10H,11-13H2,1-2H3,(H,21,22,25). The highest BCUT2D eigenvalue weighted by atomic mass is 32.2. The molecule has 1 aromatic heterocycles. The minimum atomic E-state index is -3.90. The molecule has 0 atom stereocenters. The lowest BCUT2D eigenvalue weighted by molar-refractivity contribution is 0.101. The molecule has 0 bridgehead atoms. The molecule has 9 heteroatoms. The highest BCUT2D eigenvalue weighted by Gasteiger charge is 2.25. The summed E-state index contributed by atoms with van der Waals surface area (Å²) < 4.78 is 32.5. The zero-order valence-corrected chi connectivity index (χ0v) is 16.9. The number of carbonyl (C=O) groups is 1. The van der Waals surface area contributed by atoms with Gasteiger partial charge in [0.05, 0.1) is 29.0 Å². The van der Waals surface area contributed by atoms with E-state index >= 15 is 0 Å². The van der Waals surface area contributed by atoms with Crippen LogP contribution in [0.5, 0.6) is 0 Å². The Hall–Kier alpha value is -2.88. The Morgan fingerprint density at radius 2 is 1.83 bits per heavy atom. The minimum absolute atomic E-state index is 0.0433. The van der Waals surface area contributed by atoms with Crippen LogP contribution in [-0.2, 0) is 21.3 Å². The Morgan fingerprint density at radius 3 is 2.48 bits per heavy atom. The van der Waals surface area contributed by atoms with Crippen LogP contribution in [0.15, 0.2) is 58.2 Å². The highest BCUT2D eigenvalue weighted by molar-refractivity contribution is 7.89. The van der Waals surface area contributed by atoms with E-state index in [0.717, 1.165) is 0 Å². The summed E-state index contributed by atoms with van der Waals surface area (Å²) in [6.07, 6.45) is 0. The molecule has 0 saturated heterocycles. The molecule has 0 amide bonds. The summed E-state index contributed by atoms with van der Waals surface area (Å²) in [5.74, 6) is 0.0804. The van der Waals surface area contributed by atoms with E-state index < -0.39 is 10.0 Å². The number of nitrogens with one attached hydrogen (secondary N) is 1. The van der Waals surface area contributed by atoms with Gasteiger partial charge in [0.25, 0.3) is 5.56 Å². The molecule has 0 unspecified atom stereocenters. The summed E-state index contributed by atoms with van der Waals surface area (Å²) in [6.45, 7) is 1.53. The molecule has 0 spiro atoms. The Balaban J connectivity index is 1.97. The number of H-pyrrole nitrogens is 1. The number of aromatic amines is 1. The van der Waals surface area contributed by atoms with Gasteiger partial charge in [0, 0.05) is 19.2 Å². The van der Waals surface area contributed by atoms with Crippen molar-refractivity contribution >= 4 is 26.7 Å². The van der Waals surface area contributed by atoms with E-state index in [4.69, 9.17) is 4.74 Å². The van der Waals surface area contributed by atoms with Gasteiger partial charge in [0.2, 0.25) is 10.0 Å². The van der Waals surface area contributed by atoms with Gasteiger partial charge in [-0.15, -0.1) is 0 Å². The van der Waals surface area contributed by atoms with E-state index in [1.165, 1.54) is 42.6 Å². The van der Waals surface area contributed by atoms with Crippen LogP contribution in [0.4, 0.5) is 0 Å². The van der Waals surface area contributed by atoms with E-state index in [0.29, 0.717) is 16.5 Å². The molecule has 3 rings (SSSR count). The third kappa shape index (κ3) is 4.58. The molecule has 0 fully saturated rings. The fraction of sp³-hybridized carbons (Fsp3) is 0.250. The van der Waals surface area contributed by atoms with E-state index in [1.807, 2.05) is 0 Å². The van der Waals surface area contributed by atoms with Gasteiger partial charge in [-0.1, -0.05) is 24.3 Å². The molecule has 3 aromatic rings. The van der Waals surface area contributed by atoms with Crippen LogP contribution in [-0.4, -0.2) is 48.7 Å². The van der Waals surface area contributed by atoms with Crippen LogP contribution in [0.1, 0.15) is 23.1 Å². The van der Waals surface area contributed by atoms with Crippen LogP contribution in [0.3, 0.4) is 0 Å². The van der Waals surface area contributed by atoms with Crippen molar-refractivity contribution in [1.82, 2.24) is 14.3 Å². The molecule has 1 heterocycles. The number of aromatic nitrogens is 2. The molecular weight excluding hydrogens is 394 g/mol. The molecule has 0 radical (unpaired) electrons. The summed E-state index contributed by atoms with van der Waals surface area (Å²) in [5, 5.41) is 0.433. The Labute approximate surface area is 168 Å². The summed E-state index contributed by atoms with van der Waals surface area (Å²) in [4.78, 5) is 30.8. The lowest BCUT2D eigenvalue weighted by Crippen LogP contribution is -2.34. The van der Waals surface area contributed by atoms with E-state index in [9.17, 15) is 18.0 Å². The lowest BCUT2D eigenvalue weighted by atomic mass is 10.2. The number of para-hydroxylation sites is 1. The van der Waals surface area contributed by atoms with Crippen LogP contribution >= 0.6 is 0 Å². The zero-order valence-electron chi connectivity index (χ0n) is 16.1. The molecule has 29 heavy (non-hydrogen) atoms. The van der Waals surface area contributed by atoms with Crippen molar-refractivity contribution in [3.63, 3.8) is 0 Å². The first-order valence-corrected chi connectivity index (χ1v) is 10.3. The summed E-state index contributed by atoms with van der Waals surface area (Å²) >= 11 is 0. The number of carbonyl (C=O) groups excluding carboxylic acids is 1. The van der Waals surface area contributed by atoms with Gasteiger partial charge in [-0.3, -0.25) is 9.59 Å². The monoisotopic (exact) mass is 415 g/mol. The first-order chi connectivity index (χ1) is 13.8. The fourth-order valence-electron chi connectivity index (χ4n) is 2.86. The highest BCUT2D eigenvalue weighted by Crippen LogP contribution is 2.19. The van der Waals surface area contributed by atoms with E-state index in [-0.39, 0.29) is 41.8 Å². The number of benzene rings is 2. The SMILES string of the molecule is COCCN(Cc1nc2ccccc2c(=O)[nH]1)S(=O)(=O)c1ccc(C(C)=O)cc1. The van der Waals surface area contributed by atoms with Crippen molar-refractivity contribution in [3.05, 3.63) is 70.3 Å². The molecule has 0 aliphatic carbocycles. The molecule has 0 aliphatic rings. The number of rotatable bonds is 8. The second-order valence-electron chi connectivity index (χ2n) is 6.44. The minimum Gasteiger partial charge on any atom is -0.383 e. The molecule has 0 saturated carbocycles.